The first-order valence-corrected chi connectivity index (χ1v) is 10.9. The summed E-state index contributed by atoms with van der Waals surface area (Å²) in [6.45, 7) is 0.222. The molecule has 5 aromatic rings. The van der Waals surface area contributed by atoms with E-state index < -0.39 is 0 Å². The standard InChI is InChI=1S/C24H17Cl2N5O3/c1-32-18-9-7-16(8-10-18)31-17(13-27-30-31)14-33-22-5-3-2-4-20(22)24-29-28-23(34-24)19-11-6-15(25)12-21(19)26/h2-13H,14H2,1H3. The second-order valence-corrected chi connectivity index (χ2v) is 8.00. The van der Waals surface area contributed by atoms with E-state index in [4.69, 9.17) is 37.1 Å². The third kappa shape index (κ3) is 4.46. The van der Waals surface area contributed by atoms with Crippen molar-refractivity contribution in [3.8, 4) is 40.1 Å². The fourth-order valence-corrected chi connectivity index (χ4v) is 3.81. The van der Waals surface area contributed by atoms with E-state index in [9.17, 15) is 0 Å². The molecule has 0 saturated carbocycles. The number of rotatable bonds is 7. The number of hydrogen-bond donors (Lipinski definition) is 0. The Balaban J connectivity index is 1.38. The summed E-state index contributed by atoms with van der Waals surface area (Å²) >= 11 is 12.3. The van der Waals surface area contributed by atoms with Crippen molar-refractivity contribution in [1.82, 2.24) is 25.2 Å². The van der Waals surface area contributed by atoms with Gasteiger partial charge >= 0.3 is 0 Å². The van der Waals surface area contributed by atoms with Gasteiger partial charge in [0.2, 0.25) is 5.89 Å². The SMILES string of the molecule is COc1ccc(-n2nncc2COc2ccccc2-c2nnc(-c3ccc(Cl)cc3Cl)o2)cc1. The van der Waals surface area contributed by atoms with Crippen molar-refractivity contribution in [3.63, 3.8) is 0 Å². The number of halogens is 2. The van der Waals surface area contributed by atoms with Crippen molar-refractivity contribution < 1.29 is 13.9 Å². The smallest absolute Gasteiger partial charge is 0.251 e. The van der Waals surface area contributed by atoms with Crippen LogP contribution in [0.2, 0.25) is 10.0 Å². The molecule has 8 nitrogen and oxygen atoms in total. The molecular weight excluding hydrogens is 477 g/mol. The van der Waals surface area contributed by atoms with E-state index in [1.54, 1.807) is 36.2 Å². The Morgan fingerprint density at radius 1 is 0.912 bits per heavy atom. The molecule has 2 heterocycles. The minimum atomic E-state index is 0.222. The molecule has 5 rings (SSSR count). The zero-order valence-electron chi connectivity index (χ0n) is 17.9. The predicted octanol–water partition coefficient (Wildman–Crippen LogP) is 5.88. The number of nitrogens with zero attached hydrogens (tertiary/aromatic N) is 5. The number of aromatic nitrogens is 5. The van der Waals surface area contributed by atoms with Crippen LogP contribution in [0.15, 0.2) is 77.3 Å². The molecule has 2 aromatic heterocycles. The van der Waals surface area contributed by atoms with Crippen molar-refractivity contribution in [2.24, 2.45) is 0 Å². The fourth-order valence-electron chi connectivity index (χ4n) is 3.32. The molecule has 0 N–H and O–H groups in total. The number of benzene rings is 3. The van der Waals surface area contributed by atoms with E-state index in [1.807, 2.05) is 48.5 Å². The normalized spacial score (nSPS) is 10.9. The van der Waals surface area contributed by atoms with Gasteiger partial charge in [-0.2, -0.15) is 0 Å². The summed E-state index contributed by atoms with van der Waals surface area (Å²) in [6.07, 6.45) is 1.65. The van der Waals surface area contributed by atoms with Gasteiger partial charge in [0.15, 0.2) is 0 Å². The fraction of sp³-hybridized carbons (Fsp3) is 0.0833. The molecule has 10 heteroatoms. The zero-order valence-corrected chi connectivity index (χ0v) is 19.4. The zero-order chi connectivity index (χ0) is 23.5. The number of para-hydroxylation sites is 1. The molecule has 0 saturated heterocycles. The molecule has 34 heavy (non-hydrogen) atoms. The Hall–Kier alpha value is -3.88. The molecule has 0 radical (unpaired) electrons. The lowest BCUT2D eigenvalue weighted by Crippen LogP contribution is -2.06. The van der Waals surface area contributed by atoms with Gasteiger partial charge in [-0.05, 0) is 54.6 Å². The van der Waals surface area contributed by atoms with E-state index in [-0.39, 0.29) is 12.5 Å². The monoisotopic (exact) mass is 493 g/mol. The van der Waals surface area contributed by atoms with Gasteiger partial charge in [0.1, 0.15) is 23.8 Å². The molecular formula is C24H17Cl2N5O3. The van der Waals surface area contributed by atoms with Crippen LogP contribution in [0.25, 0.3) is 28.6 Å². The van der Waals surface area contributed by atoms with E-state index in [2.05, 4.69) is 20.5 Å². The Morgan fingerprint density at radius 2 is 1.68 bits per heavy atom. The van der Waals surface area contributed by atoms with Crippen molar-refractivity contribution in [3.05, 3.63) is 88.7 Å². The van der Waals surface area contributed by atoms with Crippen LogP contribution >= 0.6 is 23.2 Å². The Kier molecular flexibility index (Phi) is 6.16. The van der Waals surface area contributed by atoms with Crippen molar-refractivity contribution in [2.45, 2.75) is 6.61 Å². The number of ether oxygens (including phenoxy) is 2. The Bertz CT molecular complexity index is 1430. The summed E-state index contributed by atoms with van der Waals surface area (Å²) in [7, 11) is 1.62. The van der Waals surface area contributed by atoms with Gasteiger partial charge < -0.3 is 13.9 Å². The molecule has 0 aliphatic rings. The van der Waals surface area contributed by atoms with Crippen molar-refractivity contribution in [2.75, 3.05) is 7.11 Å². The molecule has 0 atom stereocenters. The molecule has 0 spiro atoms. The molecule has 0 bridgehead atoms. The largest absolute Gasteiger partial charge is 0.497 e. The lowest BCUT2D eigenvalue weighted by atomic mass is 10.2. The van der Waals surface area contributed by atoms with Gasteiger partial charge in [-0.3, -0.25) is 0 Å². The van der Waals surface area contributed by atoms with Gasteiger partial charge in [0.05, 0.1) is 35.1 Å². The second kappa shape index (κ2) is 9.54. The first kappa shape index (κ1) is 21.9. The predicted molar refractivity (Wildman–Crippen MR) is 127 cm³/mol. The van der Waals surface area contributed by atoms with Crippen LogP contribution in [0.3, 0.4) is 0 Å². The van der Waals surface area contributed by atoms with Gasteiger partial charge in [-0.1, -0.05) is 40.5 Å². The summed E-state index contributed by atoms with van der Waals surface area (Å²) in [5.41, 5.74) is 2.85. The van der Waals surface area contributed by atoms with E-state index in [0.717, 1.165) is 17.1 Å². The summed E-state index contributed by atoms with van der Waals surface area (Å²) in [5, 5.41) is 17.5. The highest BCUT2D eigenvalue weighted by atomic mass is 35.5. The molecule has 0 aliphatic carbocycles. The summed E-state index contributed by atoms with van der Waals surface area (Å²) in [6, 6.07) is 20.0. The van der Waals surface area contributed by atoms with Crippen molar-refractivity contribution >= 4 is 23.2 Å². The van der Waals surface area contributed by atoms with Crippen molar-refractivity contribution in [1.29, 1.82) is 0 Å². The summed E-state index contributed by atoms with van der Waals surface area (Å²) in [4.78, 5) is 0. The second-order valence-electron chi connectivity index (χ2n) is 7.16. The highest BCUT2D eigenvalue weighted by Gasteiger charge is 2.17. The average molecular weight is 494 g/mol. The molecule has 3 aromatic carbocycles. The highest BCUT2D eigenvalue weighted by molar-refractivity contribution is 6.36. The van der Waals surface area contributed by atoms with E-state index in [1.165, 1.54) is 0 Å². The lowest BCUT2D eigenvalue weighted by molar-refractivity contribution is 0.298. The average Bonchev–Trinajstić information content (AvgIpc) is 3.53. The highest BCUT2D eigenvalue weighted by Crippen LogP contribution is 2.34. The topological polar surface area (TPSA) is 88.1 Å². The van der Waals surface area contributed by atoms with Gasteiger partial charge in [0.25, 0.3) is 5.89 Å². The minimum absolute atomic E-state index is 0.222. The van der Waals surface area contributed by atoms with Crippen LogP contribution in [-0.2, 0) is 6.61 Å². The van der Waals surface area contributed by atoms with Crippen LogP contribution in [-0.4, -0.2) is 32.3 Å². The van der Waals surface area contributed by atoms with Gasteiger partial charge in [-0.25, -0.2) is 4.68 Å². The maximum Gasteiger partial charge on any atom is 0.251 e. The number of hydrogen-bond acceptors (Lipinski definition) is 7. The molecule has 0 unspecified atom stereocenters. The first-order valence-electron chi connectivity index (χ1n) is 10.2. The first-order chi connectivity index (χ1) is 16.6. The van der Waals surface area contributed by atoms with E-state index in [0.29, 0.717) is 32.8 Å². The number of methoxy groups -OCH3 is 1. The van der Waals surface area contributed by atoms with Gasteiger partial charge in [-0.15, -0.1) is 15.3 Å². The quantitative estimate of drug-likeness (QED) is 0.279. The van der Waals surface area contributed by atoms with E-state index >= 15 is 0 Å². The van der Waals surface area contributed by atoms with Crippen LogP contribution in [0.4, 0.5) is 0 Å². The van der Waals surface area contributed by atoms with Crippen LogP contribution in [0, 0.1) is 0 Å². The summed E-state index contributed by atoms with van der Waals surface area (Å²) < 4.78 is 18.9. The Labute approximate surface area is 204 Å². The maximum atomic E-state index is 6.28. The van der Waals surface area contributed by atoms with Crippen LogP contribution < -0.4 is 9.47 Å². The van der Waals surface area contributed by atoms with Crippen LogP contribution in [0.1, 0.15) is 5.69 Å². The Morgan fingerprint density at radius 3 is 2.44 bits per heavy atom. The lowest BCUT2D eigenvalue weighted by Gasteiger charge is -2.11. The minimum Gasteiger partial charge on any atom is -0.497 e. The molecule has 170 valence electrons. The molecule has 0 amide bonds. The molecule has 0 aliphatic heterocycles. The molecule has 0 fully saturated rings. The van der Waals surface area contributed by atoms with Gasteiger partial charge in [0, 0.05) is 5.02 Å². The third-order valence-electron chi connectivity index (χ3n) is 5.02. The summed E-state index contributed by atoms with van der Waals surface area (Å²) in [5.74, 6) is 1.92. The van der Waals surface area contributed by atoms with Crippen LogP contribution in [0.5, 0.6) is 11.5 Å². The third-order valence-corrected chi connectivity index (χ3v) is 5.56. The maximum absolute atomic E-state index is 6.28.